The fourth-order valence-corrected chi connectivity index (χ4v) is 6.65. The number of ketones is 3. The second-order valence-corrected chi connectivity index (χ2v) is 14.1. The van der Waals surface area contributed by atoms with Crippen LogP contribution < -0.4 is 16.4 Å². The van der Waals surface area contributed by atoms with Crippen molar-refractivity contribution in [2.75, 3.05) is 0 Å². The van der Waals surface area contributed by atoms with E-state index in [1.807, 2.05) is 121 Å². The van der Waals surface area contributed by atoms with Gasteiger partial charge in [0.05, 0.1) is 12.1 Å². The number of amides is 3. The molecular weight excluding hydrogens is 703 g/mol. The van der Waals surface area contributed by atoms with Crippen LogP contribution in [0.25, 0.3) is 11.1 Å². The van der Waals surface area contributed by atoms with Crippen LogP contribution >= 0.6 is 0 Å². The van der Waals surface area contributed by atoms with E-state index in [0.29, 0.717) is 0 Å². The van der Waals surface area contributed by atoms with Gasteiger partial charge in [0.2, 0.25) is 17.6 Å². The van der Waals surface area contributed by atoms with Crippen LogP contribution in [0.4, 0.5) is 0 Å². The van der Waals surface area contributed by atoms with Gasteiger partial charge in [0.25, 0.3) is 5.91 Å². The Balaban J connectivity index is 1.25. The molecule has 0 heterocycles. The Morgan fingerprint density at radius 1 is 0.518 bits per heavy atom. The molecule has 3 amide bonds. The molecule has 5 aromatic carbocycles. The molecule has 4 unspecified atom stereocenters. The van der Waals surface area contributed by atoms with Crippen LogP contribution in [0.2, 0.25) is 0 Å². The largest absolute Gasteiger partial charge is 0.369 e. The number of nitrogens with two attached hydrogens (primary N) is 1. The van der Waals surface area contributed by atoms with Gasteiger partial charge in [0.1, 0.15) is 5.78 Å². The molecule has 0 aliphatic rings. The average Bonchev–Trinajstić information content (AvgIpc) is 3.21. The summed E-state index contributed by atoms with van der Waals surface area (Å²) >= 11 is 0. The highest BCUT2D eigenvalue weighted by Gasteiger charge is 2.32. The van der Waals surface area contributed by atoms with E-state index in [0.717, 1.165) is 33.4 Å². The average molecular weight is 750 g/mol. The Morgan fingerprint density at radius 3 is 1.54 bits per heavy atom. The Bertz CT molecular complexity index is 2090. The topological polar surface area (TPSA) is 152 Å². The van der Waals surface area contributed by atoms with Gasteiger partial charge in [-0.2, -0.15) is 0 Å². The normalized spacial score (nSPS) is 13.0. The highest BCUT2D eigenvalue weighted by Crippen LogP contribution is 2.22. The molecule has 286 valence electrons. The first kappa shape index (κ1) is 40.7. The van der Waals surface area contributed by atoms with Crippen molar-refractivity contribution in [3.63, 3.8) is 0 Å². The summed E-state index contributed by atoms with van der Waals surface area (Å²) in [5.41, 5.74) is 11.1. The number of Topliss-reactive ketones (excluding diaryl/α,β-unsaturated/α-hetero) is 3. The first-order chi connectivity index (χ1) is 27.0. The minimum Gasteiger partial charge on any atom is -0.369 e. The van der Waals surface area contributed by atoms with Gasteiger partial charge in [-0.3, -0.25) is 28.8 Å². The van der Waals surface area contributed by atoms with Gasteiger partial charge in [-0.1, -0.05) is 146 Å². The highest BCUT2D eigenvalue weighted by molar-refractivity contribution is 6.38. The summed E-state index contributed by atoms with van der Waals surface area (Å²) in [6.07, 6.45) is 0.374. The monoisotopic (exact) mass is 749 g/mol. The zero-order valence-corrected chi connectivity index (χ0v) is 31.4. The fraction of sp³-hybridized carbons (Fsp3) is 0.234. The molecule has 0 aliphatic heterocycles. The maximum Gasteiger partial charge on any atom is 0.290 e. The van der Waals surface area contributed by atoms with Gasteiger partial charge >= 0.3 is 0 Å². The minimum absolute atomic E-state index is 0.0609. The zero-order valence-electron chi connectivity index (χ0n) is 31.4. The molecule has 9 heteroatoms. The van der Waals surface area contributed by atoms with Crippen molar-refractivity contribution in [3.8, 4) is 11.1 Å². The molecule has 0 fully saturated rings. The number of benzene rings is 5. The SMILES string of the molecule is CC(NC(=O)C(CC(=O)Cc1ccccc1)Cc1ccccc1)C(=O)C(=O)NC(Cc1ccccc1)C(=O)CC(Cc1ccc(-c2ccccc2)cc1)C(N)=O. The number of hydrogen-bond acceptors (Lipinski definition) is 6. The molecule has 5 rings (SSSR count). The first-order valence-corrected chi connectivity index (χ1v) is 18.8. The predicted octanol–water partition coefficient (Wildman–Crippen LogP) is 5.82. The Kier molecular flexibility index (Phi) is 14.7. The molecule has 4 N–H and O–H groups in total. The van der Waals surface area contributed by atoms with Crippen LogP contribution in [0.5, 0.6) is 0 Å². The summed E-state index contributed by atoms with van der Waals surface area (Å²) in [5, 5.41) is 5.23. The van der Waals surface area contributed by atoms with Gasteiger partial charge in [-0.25, -0.2) is 0 Å². The Hall–Kier alpha value is -6.48. The summed E-state index contributed by atoms with van der Waals surface area (Å²) in [4.78, 5) is 80.1. The van der Waals surface area contributed by atoms with E-state index >= 15 is 0 Å². The van der Waals surface area contributed by atoms with Gasteiger partial charge < -0.3 is 16.4 Å². The van der Waals surface area contributed by atoms with Gasteiger partial charge in [0.15, 0.2) is 5.78 Å². The van der Waals surface area contributed by atoms with E-state index < -0.39 is 53.2 Å². The molecule has 0 saturated carbocycles. The number of carbonyl (C=O) groups is 6. The number of primary amides is 1. The molecule has 9 nitrogen and oxygen atoms in total. The molecule has 0 aromatic heterocycles. The van der Waals surface area contributed by atoms with E-state index in [2.05, 4.69) is 10.6 Å². The summed E-state index contributed by atoms with van der Waals surface area (Å²) in [5.74, 6) is -5.46. The van der Waals surface area contributed by atoms with E-state index in [9.17, 15) is 28.8 Å². The number of carbonyl (C=O) groups excluding carboxylic acids is 6. The van der Waals surface area contributed by atoms with Gasteiger partial charge in [-0.15, -0.1) is 0 Å². The second-order valence-electron chi connectivity index (χ2n) is 14.1. The fourth-order valence-electron chi connectivity index (χ4n) is 6.65. The van der Waals surface area contributed by atoms with Crippen molar-refractivity contribution in [1.29, 1.82) is 0 Å². The smallest absolute Gasteiger partial charge is 0.290 e. The molecule has 0 saturated heterocycles. The van der Waals surface area contributed by atoms with Crippen LogP contribution in [-0.2, 0) is 54.5 Å². The van der Waals surface area contributed by atoms with Crippen molar-refractivity contribution >= 4 is 35.1 Å². The van der Waals surface area contributed by atoms with Crippen LogP contribution in [0, 0.1) is 11.8 Å². The molecule has 0 aliphatic carbocycles. The summed E-state index contributed by atoms with van der Waals surface area (Å²) < 4.78 is 0. The second kappa shape index (κ2) is 20.3. The van der Waals surface area contributed by atoms with Crippen LogP contribution in [0.3, 0.4) is 0 Å². The third-order valence-electron chi connectivity index (χ3n) is 9.76. The molecule has 0 radical (unpaired) electrons. The van der Waals surface area contributed by atoms with Crippen molar-refractivity contribution < 1.29 is 28.8 Å². The van der Waals surface area contributed by atoms with E-state index in [4.69, 9.17) is 5.73 Å². The lowest BCUT2D eigenvalue weighted by Crippen LogP contribution is -2.52. The minimum atomic E-state index is -1.25. The van der Waals surface area contributed by atoms with E-state index in [1.54, 1.807) is 24.3 Å². The molecule has 56 heavy (non-hydrogen) atoms. The molecule has 5 aromatic rings. The molecule has 4 atom stereocenters. The summed E-state index contributed by atoms with van der Waals surface area (Å²) in [7, 11) is 0. The molecule has 0 bridgehead atoms. The third kappa shape index (κ3) is 12.3. The quantitative estimate of drug-likeness (QED) is 0.0854. The Labute approximate surface area is 327 Å². The number of nitrogens with one attached hydrogen (secondary N) is 2. The van der Waals surface area contributed by atoms with Crippen molar-refractivity contribution in [2.45, 2.75) is 57.5 Å². The maximum absolute atomic E-state index is 13.9. The lowest BCUT2D eigenvalue weighted by molar-refractivity contribution is -0.141. The van der Waals surface area contributed by atoms with Crippen molar-refractivity contribution in [1.82, 2.24) is 10.6 Å². The first-order valence-electron chi connectivity index (χ1n) is 18.8. The van der Waals surface area contributed by atoms with Crippen LogP contribution in [0.15, 0.2) is 146 Å². The molecular formula is C47H47N3O6. The van der Waals surface area contributed by atoms with Crippen molar-refractivity contribution in [2.24, 2.45) is 17.6 Å². The highest BCUT2D eigenvalue weighted by atomic mass is 16.2. The Morgan fingerprint density at radius 2 is 0.982 bits per heavy atom. The maximum atomic E-state index is 13.9. The van der Waals surface area contributed by atoms with Gasteiger partial charge in [-0.05, 0) is 59.6 Å². The number of rotatable bonds is 20. The van der Waals surface area contributed by atoms with E-state index in [1.165, 1.54) is 6.92 Å². The third-order valence-corrected chi connectivity index (χ3v) is 9.76. The lowest BCUT2D eigenvalue weighted by atomic mass is 9.89. The standard InChI is InChI=1S/C47H47N3O6/c1-32(49-46(55)40(27-33-14-6-2-7-15-33)30-41(51)28-34-16-8-3-9-17-34)44(53)47(56)50-42(29-35-18-10-4-11-19-35)43(52)31-39(45(48)54)26-36-22-24-38(25-23-36)37-20-12-5-13-21-37/h2-25,32,39-40,42H,26-31H2,1H3,(H2,48,54)(H,49,55)(H,50,56). The predicted molar refractivity (Wildman–Crippen MR) is 216 cm³/mol. The molecule has 0 spiro atoms. The van der Waals surface area contributed by atoms with Crippen LogP contribution in [-0.4, -0.2) is 47.2 Å². The number of hydrogen-bond donors (Lipinski definition) is 3. The van der Waals surface area contributed by atoms with Gasteiger partial charge in [0, 0.05) is 31.1 Å². The zero-order chi connectivity index (χ0) is 39.9. The summed E-state index contributed by atoms with van der Waals surface area (Å²) in [6.45, 7) is 1.39. The summed E-state index contributed by atoms with van der Waals surface area (Å²) in [6, 6.07) is 42.6. The van der Waals surface area contributed by atoms with Crippen molar-refractivity contribution in [3.05, 3.63) is 168 Å². The van der Waals surface area contributed by atoms with Crippen LogP contribution in [0.1, 0.15) is 42.0 Å². The lowest BCUT2D eigenvalue weighted by Gasteiger charge is -2.22. The van der Waals surface area contributed by atoms with E-state index in [-0.39, 0.29) is 44.3 Å².